The first-order valence-corrected chi connectivity index (χ1v) is 11.4. The molecule has 5 heterocycles. The number of aryl methyl sites for hydroxylation is 2. The van der Waals surface area contributed by atoms with E-state index in [0.717, 1.165) is 42.2 Å². The summed E-state index contributed by atoms with van der Waals surface area (Å²) < 4.78 is 1.80. The molecule has 0 aliphatic carbocycles. The predicted octanol–water partition coefficient (Wildman–Crippen LogP) is 2.92. The zero-order chi connectivity index (χ0) is 21.8. The van der Waals surface area contributed by atoms with Crippen molar-refractivity contribution >= 4 is 22.1 Å². The molecule has 1 atom stereocenters. The molecule has 0 spiro atoms. The van der Waals surface area contributed by atoms with E-state index in [1.54, 1.807) is 4.52 Å². The van der Waals surface area contributed by atoms with Gasteiger partial charge in [0, 0.05) is 31.4 Å². The van der Waals surface area contributed by atoms with Gasteiger partial charge in [0.2, 0.25) is 0 Å². The van der Waals surface area contributed by atoms with Crippen molar-refractivity contribution in [3.05, 3.63) is 52.2 Å². The highest BCUT2D eigenvalue weighted by molar-refractivity contribution is 5.83. The van der Waals surface area contributed by atoms with E-state index in [1.807, 2.05) is 38.2 Å². The fourth-order valence-electron chi connectivity index (χ4n) is 5.24. The Hall–Kier alpha value is -3.26. The van der Waals surface area contributed by atoms with Gasteiger partial charge in [-0.25, -0.2) is 9.50 Å². The summed E-state index contributed by atoms with van der Waals surface area (Å²) in [6.45, 7) is 8.25. The zero-order valence-electron chi connectivity index (χ0n) is 18.5. The minimum atomic E-state index is -0.133. The van der Waals surface area contributed by atoms with Crippen LogP contribution in [0, 0.1) is 13.8 Å². The van der Waals surface area contributed by atoms with Crippen LogP contribution >= 0.6 is 0 Å². The van der Waals surface area contributed by atoms with E-state index in [2.05, 4.69) is 30.9 Å². The normalized spacial score (nSPS) is 19.6. The molecular formula is C24H27N7O. The fraction of sp³-hybridized carbons (Fsp3) is 0.417. The Labute approximate surface area is 185 Å². The van der Waals surface area contributed by atoms with Crippen molar-refractivity contribution in [1.82, 2.24) is 29.5 Å². The molecule has 0 saturated carbocycles. The van der Waals surface area contributed by atoms with E-state index in [9.17, 15) is 4.79 Å². The number of rotatable bonds is 2. The van der Waals surface area contributed by atoms with Crippen LogP contribution in [0.15, 0.2) is 35.3 Å². The van der Waals surface area contributed by atoms with Crippen LogP contribution in [0.4, 0.5) is 5.69 Å². The van der Waals surface area contributed by atoms with Crippen molar-refractivity contribution in [1.29, 1.82) is 0 Å². The molecule has 1 unspecified atom stereocenters. The number of H-pyrrole nitrogens is 1. The molecule has 8 nitrogen and oxygen atoms in total. The first-order valence-electron chi connectivity index (χ1n) is 11.4. The topological polar surface area (TPSA) is 82.4 Å². The van der Waals surface area contributed by atoms with Crippen LogP contribution in [0.1, 0.15) is 30.7 Å². The van der Waals surface area contributed by atoms with Crippen LogP contribution in [-0.2, 0) is 0 Å². The number of nitrogens with one attached hydrogen (secondary N) is 1. The van der Waals surface area contributed by atoms with Crippen LogP contribution in [-0.4, -0.2) is 61.7 Å². The molecule has 2 fully saturated rings. The predicted molar refractivity (Wildman–Crippen MR) is 125 cm³/mol. The molecule has 0 bridgehead atoms. The largest absolute Gasteiger partial charge is 0.369 e. The number of benzene rings is 1. The van der Waals surface area contributed by atoms with E-state index >= 15 is 0 Å². The molecule has 2 aliphatic heterocycles. The number of hydrogen-bond donors (Lipinski definition) is 1. The molecule has 1 aromatic carbocycles. The lowest BCUT2D eigenvalue weighted by molar-refractivity contribution is 0.133. The first kappa shape index (κ1) is 19.4. The highest BCUT2D eigenvalue weighted by Crippen LogP contribution is 2.27. The summed E-state index contributed by atoms with van der Waals surface area (Å²) in [4.78, 5) is 30.2. The van der Waals surface area contributed by atoms with Crippen LogP contribution in [0.3, 0.4) is 0 Å². The Kier molecular flexibility index (Phi) is 4.50. The third-order valence-electron chi connectivity index (χ3n) is 6.89. The lowest BCUT2D eigenvalue weighted by Crippen LogP contribution is -2.54. The summed E-state index contributed by atoms with van der Waals surface area (Å²) in [5, 5.41) is 5.23. The van der Waals surface area contributed by atoms with Gasteiger partial charge in [-0.3, -0.25) is 14.7 Å². The Morgan fingerprint density at radius 2 is 1.97 bits per heavy atom. The van der Waals surface area contributed by atoms with Gasteiger partial charge in [-0.15, -0.1) is 0 Å². The Balaban J connectivity index is 1.35. The van der Waals surface area contributed by atoms with E-state index in [-0.39, 0.29) is 5.56 Å². The number of piperidine rings is 1. The summed E-state index contributed by atoms with van der Waals surface area (Å²) in [7, 11) is 0. The monoisotopic (exact) mass is 429 g/mol. The number of piperazine rings is 1. The second-order valence-corrected chi connectivity index (χ2v) is 9.07. The minimum Gasteiger partial charge on any atom is -0.369 e. The van der Waals surface area contributed by atoms with Gasteiger partial charge < -0.3 is 9.88 Å². The van der Waals surface area contributed by atoms with E-state index in [0.29, 0.717) is 28.5 Å². The van der Waals surface area contributed by atoms with Gasteiger partial charge in [0.15, 0.2) is 5.82 Å². The van der Waals surface area contributed by atoms with Crippen molar-refractivity contribution in [2.24, 2.45) is 0 Å². The van der Waals surface area contributed by atoms with Crippen LogP contribution in [0.25, 0.3) is 27.9 Å². The Morgan fingerprint density at radius 3 is 2.88 bits per heavy atom. The number of aromatic amines is 1. The Bertz CT molecular complexity index is 1390. The van der Waals surface area contributed by atoms with Crippen molar-refractivity contribution in [2.75, 3.05) is 31.1 Å². The molecule has 8 heteroatoms. The van der Waals surface area contributed by atoms with E-state index in [4.69, 9.17) is 4.98 Å². The molecule has 0 amide bonds. The average Bonchev–Trinajstić information content (AvgIpc) is 3.23. The highest BCUT2D eigenvalue weighted by Gasteiger charge is 2.29. The zero-order valence-corrected chi connectivity index (χ0v) is 18.5. The number of fused-ring (bicyclic) bond motifs is 3. The van der Waals surface area contributed by atoms with Gasteiger partial charge in [0.1, 0.15) is 5.69 Å². The van der Waals surface area contributed by atoms with E-state index in [1.165, 1.54) is 25.8 Å². The van der Waals surface area contributed by atoms with Gasteiger partial charge in [-0.1, -0.05) is 6.42 Å². The molecule has 32 heavy (non-hydrogen) atoms. The maximum atomic E-state index is 13.0. The van der Waals surface area contributed by atoms with Crippen molar-refractivity contribution < 1.29 is 0 Å². The summed E-state index contributed by atoms with van der Waals surface area (Å²) in [5.41, 5.74) is 4.99. The van der Waals surface area contributed by atoms with Gasteiger partial charge in [0.25, 0.3) is 5.56 Å². The van der Waals surface area contributed by atoms with Gasteiger partial charge in [0.05, 0.1) is 34.0 Å². The first-order chi connectivity index (χ1) is 15.5. The summed E-state index contributed by atoms with van der Waals surface area (Å²) >= 11 is 0. The SMILES string of the molecule is Cc1cn2nc(-c3nc4ccc(N5CCN6CCCCC6C5)cc4c(=O)[nH]3)cc2c(C)n1. The number of hydrogen-bond acceptors (Lipinski definition) is 6. The molecule has 4 aromatic rings. The molecule has 6 rings (SSSR count). The molecule has 2 aliphatic rings. The summed E-state index contributed by atoms with van der Waals surface area (Å²) in [6.07, 6.45) is 5.78. The second-order valence-electron chi connectivity index (χ2n) is 9.07. The second kappa shape index (κ2) is 7.41. The maximum absolute atomic E-state index is 13.0. The summed E-state index contributed by atoms with van der Waals surface area (Å²) in [6, 6.07) is 8.60. The van der Waals surface area contributed by atoms with Crippen molar-refractivity contribution in [2.45, 2.75) is 39.2 Å². The van der Waals surface area contributed by atoms with Crippen LogP contribution < -0.4 is 10.5 Å². The van der Waals surface area contributed by atoms with Gasteiger partial charge >= 0.3 is 0 Å². The fourth-order valence-corrected chi connectivity index (χ4v) is 5.24. The third kappa shape index (κ3) is 3.26. The minimum absolute atomic E-state index is 0.133. The van der Waals surface area contributed by atoms with E-state index < -0.39 is 0 Å². The summed E-state index contributed by atoms with van der Waals surface area (Å²) in [5.74, 6) is 0.479. The smallest absolute Gasteiger partial charge is 0.259 e. The molecule has 3 aromatic heterocycles. The molecule has 2 saturated heterocycles. The van der Waals surface area contributed by atoms with Crippen molar-refractivity contribution in [3.63, 3.8) is 0 Å². The van der Waals surface area contributed by atoms with Gasteiger partial charge in [-0.2, -0.15) is 5.10 Å². The average molecular weight is 430 g/mol. The van der Waals surface area contributed by atoms with Crippen LogP contribution in [0.2, 0.25) is 0 Å². The number of aromatic nitrogens is 5. The number of anilines is 1. The highest BCUT2D eigenvalue weighted by atomic mass is 16.1. The molecule has 0 radical (unpaired) electrons. The molecule has 164 valence electrons. The maximum Gasteiger partial charge on any atom is 0.259 e. The Morgan fingerprint density at radius 1 is 1.06 bits per heavy atom. The quantitative estimate of drug-likeness (QED) is 0.528. The van der Waals surface area contributed by atoms with Crippen LogP contribution in [0.5, 0.6) is 0 Å². The van der Waals surface area contributed by atoms with Crippen molar-refractivity contribution in [3.8, 4) is 11.5 Å². The molecule has 1 N–H and O–H groups in total. The lowest BCUT2D eigenvalue weighted by atomic mass is 9.99. The third-order valence-corrected chi connectivity index (χ3v) is 6.89. The standard InChI is InChI=1S/C24H27N7O/c1-15-13-31-22(16(2)25-15)12-21(28-31)23-26-20-7-6-17(11-19(20)24(32)27-23)30-10-9-29-8-4-3-5-18(29)14-30/h6-7,11-13,18H,3-5,8-10,14H2,1-2H3,(H,26,27,32). The lowest BCUT2D eigenvalue weighted by Gasteiger charge is -2.45. The molecular weight excluding hydrogens is 402 g/mol. The van der Waals surface area contributed by atoms with Gasteiger partial charge in [-0.05, 0) is 57.5 Å². The number of nitrogens with zero attached hydrogens (tertiary/aromatic N) is 6.